The van der Waals surface area contributed by atoms with Crippen LogP contribution in [0.2, 0.25) is 0 Å². The molecule has 3 aromatic rings. The summed E-state index contributed by atoms with van der Waals surface area (Å²) in [6.45, 7) is 1.47. The van der Waals surface area contributed by atoms with E-state index in [2.05, 4.69) is 5.10 Å². The third kappa shape index (κ3) is 4.16. The largest absolute Gasteiger partial charge is 0.373 e. The molecule has 7 heteroatoms. The predicted octanol–water partition coefficient (Wildman–Crippen LogP) is 3.24. The molecule has 0 bridgehead atoms. The van der Waals surface area contributed by atoms with Gasteiger partial charge in [0.05, 0.1) is 30.8 Å². The van der Waals surface area contributed by atoms with Gasteiger partial charge in [0.15, 0.2) is 0 Å². The van der Waals surface area contributed by atoms with Crippen LogP contribution in [0.5, 0.6) is 0 Å². The maximum absolute atomic E-state index is 12.9. The summed E-state index contributed by atoms with van der Waals surface area (Å²) in [5.41, 5.74) is 1.96. The Labute approximate surface area is 165 Å². The van der Waals surface area contributed by atoms with Crippen molar-refractivity contribution >= 4 is 10.0 Å². The number of rotatable bonds is 6. The van der Waals surface area contributed by atoms with Crippen molar-refractivity contribution < 1.29 is 13.2 Å². The maximum atomic E-state index is 12.9. The first-order chi connectivity index (χ1) is 13.6. The van der Waals surface area contributed by atoms with Gasteiger partial charge in [0.1, 0.15) is 4.90 Å². The molecule has 1 saturated heterocycles. The van der Waals surface area contributed by atoms with Crippen LogP contribution in [-0.2, 0) is 21.4 Å². The summed E-state index contributed by atoms with van der Waals surface area (Å²) >= 11 is 0. The molecule has 0 amide bonds. The molecule has 0 aliphatic carbocycles. The highest BCUT2D eigenvalue weighted by Gasteiger charge is 2.30. The van der Waals surface area contributed by atoms with E-state index in [0.717, 1.165) is 11.3 Å². The van der Waals surface area contributed by atoms with Crippen LogP contribution in [-0.4, -0.2) is 41.7 Å². The second-order valence-electron chi connectivity index (χ2n) is 6.86. The van der Waals surface area contributed by atoms with Gasteiger partial charge in [0.2, 0.25) is 10.0 Å². The van der Waals surface area contributed by atoms with E-state index in [1.54, 1.807) is 10.9 Å². The quantitative estimate of drug-likeness (QED) is 0.641. The van der Waals surface area contributed by atoms with Gasteiger partial charge < -0.3 is 4.74 Å². The predicted molar refractivity (Wildman–Crippen MR) is 107 cm³/mol. The number of nitrogens with zero attached hydrogens (tertiary/aromatic N) is 3. The van der Waals surface area contributed by atoms with E-state index in [1.165, 1.54) is 10.5 Å². The number of piperidine rings is 1. The molecule has 28 heavy (non-hydrogen) atoms. The van der Waals surface area contributed by atoms with Gasteiger partial charge in [-0.05, 0) is 30.5 Å². The van der Waals surface area contributed by atoms with Crippen LogP contribution in [0.4, 0.5) is 0 Å². The number of benzene rings is 2. The Balaban J connectivity index is 1.37. The smallest absolute Gasteiger partial charge is 0.246 e. The molecule has 2 heterocycles. The molecular weight excluding hydrogens is 374 g/mol. The van der Waals surface area contributed by atoms with Gasteiger partial charge in [0.25, 0.3) is 0 Å². The zero-order chi connectivity index (χ0) is 19.4. The average molecular weight is 398 g/mol. The minimum absolute atomic E-state index is 0.0821. The molecule has 0 atom stereocenters. The molecule has 0 spiro atoms. The van der Waals surface area contributed by atoms with Crippen LogP contribution in [0, 0.1) is 0 Å². The molecule has 1 aliphatic rings. The molecule has 0 unspecified atom stereocenters. The monoisotopic (exact) mass is 397 g/mol. The molecule has 2 aromatic carbocycles. The van der Waals surface area contributed by atoms with Crippen LogP contribution in [0.1, 0.15) is 18.4 Å². The zero-order valence-electron chi connectivity index (χ0n) is 15.5. The minimum atomic E-state index is -3.55. The Bertz CT molecular complexity index is 996. The summed E-state index contributed by atoms with van der Waals surface area (Å²) in [6.07, 6.45) is 4.46. The summed E-state index contributed by atoms with van der Waals surface area (Å²) in [5.74, 6) is 0. The first-order valence-corrected chi connectivity index (χ1v) is 10.8. The van der Waals surface area contributed by atoms with E-state index in [1.807, 2.05) is 60.7 Å². The van der Waals surface area contributed by atoms with Gasteiger partial charge in [-0.15, -0.1) is 0 Å². The fourth-order valence-corrected chi connectivity index (χ4v) is 4.74. The van der Waals surface area contributed by atoms with Gasteiger partial charge in [0, 0.05) is 13.1 Å². The van der Waals surface area contributed by atoms with E-state index >= 15 is 0 Å². The van der Waals surface area contributed by atoms with Crippen molar-refractivity contribution in [3.05, 3.63) is 78.6 Å². The first kappa shape index (κ1) is 18.9. The van der Waals surface area contributed by atoms with Crippen molar-refractivity contribution in [3.63, 3.8) is 0 Å². The van der Waals surface area contributed by atoms with Gasteiger partial charge in [-0.1, -0.05) is 48.5 Å². The lowest BCUT2D eigenvalue weighted by molar-refractivity contribution is 0.0102. The van der Waals surface area contributed by atoms with Crippen LogP contribution < -0.4 is 0 Å². The number of ether oxygens (including phenoxy) is 1. The zero-order valence-corrected chi connectivity index (χ0v) is 16.3. The molecule has 0 radical (unpaired) electrons. The lowest BCUT2D eigenvalue weighted by atomic mass is 10.1. The molecule has 146 valence electrons. The van der Waals surface area contributed by atoms with E-state index in [4.69, 9.17) is 4.74 Å². The fourth-order valence-electron chi connectivity index (χ4n) is 3.34. The van der Waals surface area contributed by atoms with Crippen molar-refractivity contribution in [1.29, 1.82) is 0 Å². The third-order valence-electron chi connectivity index (χ3n) is 4.95. The second kappa shape index (κ2) is 8.26. The minimum Gasteiger partial charge on any atom is -0.373 e. The molecule has 0 saturated carbocycles. The summed E-state index contributed by atoms with van der Waals surface area (Å²) in [5, 5.41) is 4.21. The molecule has 4 rings (SSSR count). The number of sulfonamides is 1. The SMILES string of the molecule is O=S(=O)(c1cnn(-c2ccccc2)c1)N1CCC(OCc2ccccc2)CC1. The van der Waals surface area contributed by atoms with Crippen molar-refractivity contribution in [2.24, 2.45) is 0 Å². The third-order valence-corrected chi connectivity index (χ3v) is 6.80. The molecule has 1 aliphatic heterocycles. The Hall–Kier alpha value is -2.48. The highest BCUT2D eigenvalue weighted by atomic mass is 32.2. The lowest BCUT2D eigenvalue weighted by Crippen LogP contribution is -2.40. The summed E-state index contributed by atoms with van der Waals surface area (Å²) < 4.78 is 35.0. The summed E-state index contributed by atoms with van der Waals surface area (Å²) in [7, 11) is -3.55. The maximum Gasteiger partial charge on any atom is 0.246 e. The molecule has 1 fully saturated rings. The Morgan fingerprint density at radius 1 is 0.964 bits per heavy atom. The van der Waals surface area contributed by atoms with E-state index in [9.17, 15) is 8.42 Å². The number of hydrogen-bond acceptors (Lipinski definition) is 4. The molecule has 6 nitrogen and oxygen atoms in total. The molecular formula is C21H23N3O3S. The fraction of sp³-hybridized carbons (Fsp3) is 0.286. The topological polar surface area (TPSA) is 64.4 Å². The van der Waals surface area contributed by atoms with Crippen molar-refractivity contribution in [2.45, 2.75) is 30.4 Å². The second-order valence-corrected chi connectivity index (χ2v) is 8.79. The van der Waals surface area contributed by atoms with Crippen molar-refractivity contribution in [3.8, 4) is 5.69 Å². The number of para-hydroxylation sites is 1. The van der Waals surface area contributed by atoms with Gasteiger partial charge >= 0.3 is 0 Å². The standard InChI is InChI=1S/C21H23N3O3S/c25-28(26,21-15-22-24(16-21)19-9-5-2-6-10-19)23-13-11-20(12-14-23)27-17-18-7-3-1-4-8-18/h1-10,15-16,20H,11-14,17H2. The average Bonchev–Trinajstić information content (AvgIpc) is 3.25. The van der Waals surface area contributed by atoms with Crippen molar-refractivity contribution in [1.82, 2.24) is 14.1 Å². The summed E-state index contributed by atoms with van der Waals surface area (Å²) in [6, 6.07) is 19.5. The van der Waals surface area contributed by atoms with Gasteiger partial charge in [-0.25, -0.2) is 13.1 Å². The highest BCUT2D eigenvalue weighted by Crippen LogP contribution is 2.23. The van der Waals surface area contributed by atoms with Crippen molar-refractivity contribution in [2.75, 3.05) is 13.1 Å². The van der Waals surface area contributed by atoms with E-state index in [0.29, 0.717) is 32.5 Å². The molecule has 0 N–H and O–H groups in total. The number of hydrogen-bond donors (Lipinski definition) is 0. The van der Waals surface area contributed by atoms with Gasteiger partial charge in [-0.3, -0.25) is 0 Å². The van der Waals surface area contributed by atoms with Gasteiger partial charge in [-0.2, -0.15) is 9.40 Å². The van der Waals surface area contributed by atoms with Crippen LogP contribution in [0.15, 0.2) is 78.0 Å². The highest BCUT2D eigenvalue weighted by molar-refractivity contribution is 7.89. The Morgan fingerprint density at radius 3 is 2.29 bits per heavy atom. The summed E-state index contributed by atoms with van der Waals surface area (Å²) in [4.78, 5) is 0.222. The Kier molecular flexibility index (Phi) is 5.57. The van der Waals surface area contributed by atoms with Crippen LogP contribution in [0.25, 0.3) is 5.69 Å². The molecule has 1 aromatic heterocycles. The van der Waals surface area contributed by atoms with Crippen LogP contribution >= 0.6 is 0 Å². The van der Waals surface area contributed by atoms with E-state index in [-0.39, 0.29) is 11.0 Å². The normalized spacial score (nSPS) is 16.3. The lowest BCUT2D eigenvalue weighted by Gasteiger charge is -2.30. The Morgan fingerprint density at radius 2 is 1.61 bits per heavy atom. The van der Waals surface area contributed by atoms with E-state index < -0.39 is 10.0 Å². The first-order valence-electron chi connectivity index (χ1n) is 9.39. The van der Waals surface area contributed by atoms with Crippen LogP contribution in [0.3, 0.4) is 0 Å². The number of aromatic nitrogens is 2.